The Morgan fingerprint density at radius 1 is 1.06 bits per heavy atom. The van der Waals surface area contributed by atoms with Crippen LogP contribution in [0.4, 0.5) is 16.2 Å². The zero-order chi connectivity index (χ0) is 24.8. The van der Waals surface area contributed by atoms with Gasteiger partial charge in [-0.15, -0.1) is 0 Å². The van der Waals surface area contributed by atoms with Gasteiger partial charge in [0, 0.05) is 31.0 Å². The Morgan fingerprint density at radius 3 is 2.37 bits per heavy atom. The number of nitrogens with one attached hydrogen (secondary N) is 2. The molecule has 1 spiro atoms. The van der Waals surface area contributed by atoms with E-state index in [1.54, 1.807) is 34.1 Å². The number of piperidine rings is 1. The van der Waals surface area contributed by atoms with E-state index in [0.29, 0.717) is 50.4 Å². The molecule has 2 aliphatic heterocycles. The first-order chi connectivity index (χ1) is 17.0. The van der Waals surface area contributed by atoms with Crippen LogP contribution in [0.15, 0.2) is 54.6 Å². The fourth-order valence-corrected chi connectivity index (χ4v) is 4.73. The van der Waals surface area contributed by atoms with Gasteiger partial charge in [0.05, 0.1) is 18.3 Å². The number of hydrogen-bond acceptors (Lipinski definition) is 5. The molecule has 2 N–H and O–H groups in total. The summed E-state index contributed by atoms with van der Waals surface area (Å²) in [5, 5.41) is 14.7. The van der Waals surface area contributed by atoms with Crippen LogP contribution in [0.2, 0.25) is 0 Å². The fourth-order valence-electron chi connectivity index (χ4n) is 4.73. The smallest absolute Gasteiger partial charge is 0.321 e. The normalized spacial score (nSPS) is 16.8. The Balaban J connectivity index is 1.47. The predicted molar refractivity (Wildman–Crippen MR) is 133 cm³/mol. The van der Waals surface area contributed by atoms with Gasteiger partial charge in [-0.1, -0.05) is 25.1 Å². The van der Waals surface area contributed by atoms with Gasteiger partial charge in [-0.3, -0.25) is 9.59 Å². The van der Waals surface area contributed by atoms with Crippen molar-refractivity contribution >= 4 is 29.2 Å². The van der Waals surface area contributed by atoms with Crippen molar-refractivity contribution in [3.8, 4) is 6.07 Å². The lowest BCUT2D eigenvalue weighted by molar-refractivity contribution is -0.137. The summed E-state index contributed by atoms with van der Waals surface area (Å²) >= 11 is 0. The van der Waals surface area contributed by atoms with Gasteiger partial charge in [0.25, 0.3) is 5.91 Å². The van der Waals surface area contributed by atoms with Crippen LogP contribution in [0.5, 0.6) is 0 Å². The van der Waals surface area contributed by atoms with Crippen molar-refractivity contribution < 1.29 is 14.4 Å². The molecular weight excluding hydrogens is 444 g/mol. The molecule has 0 atom stereocenters. The van der Waals surface area contributed by atoms with E-state index in [1.165, 1.54) is 0 Å². The number of nitriles is 1. The highest BCUT2D eigenvalue weighted by Crippen LogP contribution is 2.39. The van der Waals surface area contributed by atoms with Crippen molar-refractivity contribution in [2.75, 3.05) is 43.1 Å². The monoisotopic (exact) mass is 474 g/mol. The third-order valence-corrected chi connectivity index (χ3v) is 6.63. The highest BCUT2D eigenvalue weighted by Gasteiger charge is 2.54. The Hall–Kier alpha value is -4.06. The number of amides is 4. The molecule has 2 saturated heterocycles. The van der Waals surface area contributed by atoms with Gasteiger partial charge in [0.15, 0.2) is 0 Å². The molecule has 9 nitrogen and oxygen atoms in total. The third kappa shape index (κ3) is 5.06. The number of nitrogens with zero attached hydrogens (tertiary/aromatic N) is 4. The minimum absolute atomic E-state index is 0.0206. The summed E-state index contributed by atoms with van der Waals surface area (Å²) < 4.78 is 0. The van der Waals surface area contributed by atoms with Gasteiger partial charge < -0.3 is 25.3 Å². The molecule has 0 radical (unpaired) electrons. The zero-order valence-electron chi connectivity index (χ0n) is 19.9. The molecule has 0 aromatic heterocycles. The van der Waals surface area contributed by atoms with Gasteiger partial charge in [0.2, 0.25) is 5.91 Å². The molecule has 2 heterocycles. The summed E-state index contributed by atoms with van der Waals surface area (Å²) in [6.45, 7) is 3.74. The van der Waals surface area contributed by atoms with Crippen LogP contribution in [0.3, 0.4) is 0 Å². The minimum Gasteiger partial charge on any atom is -0.355 e. The maximum Gasteiger partial charge on any atom is 0.321 e. The average Bonchev–Trinajstić information content (AvgIpc) is 3.14. The first-order valence-corrected chi connectivity index (χ1v) is 11.9. The molecule has 35 heavy (non-hydrogen) atoms. The summed E-state index contributed by atoms with van der Waals surface area (Å²) in [6, 6.07) is 18.3. The second kappa shape index (κ2) is 10.5. The van der Waals surface area contributed by atoms with Gasteiger partial charge in [-0.2, -0.15) is 5.26 Å². The number of hydrogen-bond donors (Lipinski definition) is 2. The maximum atomic E-state index is 13.7. The molecule has 2 aliphatic rings. The molecule has 0 unspecified atom stereocenters. The minimum atomic E-state index is -0.794. The van der Waals surface area contributed by atoms with Crippen LogP contribution in [0, 0.1) is 11.3 Å². The fraction of sp³-hybridized carbons (Fsp3) is 0.385. The highest BCUT2D eigenvalue weighted by molar-refractivity contribution is 5.97. The second-order valence-corrected chi connectivity index (χ2v) is 8.90. The number of anilines is 2. The number of benzene rings is 2. The molecule has 9 heteroatoms. The number of likely N-dealkylation sites (tertiary alicyclic amines) is 1. The number of carbonyl (C=O) groups excluding carboxylic acids is 3. The van der Waals surface area contributed by atoms with Crippen molar-refractivity contribution in [2.45, 2.75) is 31.7 Å². The van der Waals surface area contributed by atoms with E-state index in [2.05, 4.69) is 21.6 Å². The lowest BCUT2D eigenvalue weighted by Crippen LogP contribution is -2.58. The van der Waals surface area contributed by atoms with E-state index in [-0.39, 0.29) is 24.4 Å². The van der Waals surface area contributed by atoms with Crippen molar-refractivity contribution in [3.05, 3.63) is 60.2 Å². The molecule has 182 valence electrons. The van der Waals surface area contributed by atoms with Gasteiger partial charge >= 0.3 is 6.03 Å². The Kier molecular flexibility index (Phi) is 7.20. The summed E-state index contributed by atoms with van der Waals surface area (Å²) in [4.78, 5) is 44.3. The van der Waals surface area contributed by atoms with Crippen LogP contribution >= 0.6 is 0 Å². The first-order valence-electron chi connectivity index (χ1n) is 11.9. The van der Waals surface area contributed by atoms with E-state index in [1.807, 2.05) is 37.3 Å². The molecular formula is C26H30N6O3. The van der Waals surface area contributed by atoms with Gasteiger partial charge in [-0.25, -0.2) is 4.79 Å². The molecule has 2 fully saturated rings. The zero-order valence-corrected chi connectivity index (χ0v) is 19.9. The topological polar surface area (TPSA) is 109 Å². The van der Waals surface area contributed by atoms with Crippen molar-refractivity contribution in [1.29, 1.82) is 5.26 Å². The Bertz CT molecular complexity index is 1100. The predicted octanol–water partition coefficient (Wildman–Crippen LogP) is 2.76. The van der Waals surface area contributed by atoms with Crippen molar-refractivity contribution in [2.24, 2.45) is 0 Å². The summed E-state index contributed by atoms with van der Waals surface area (Å²) in [6.07, 6.45) is 1.77. The lowest BCUT2D eigenvalue weighted by Gasteiger charge is -2.43. The molecule has 0 bridgehead atoms. The molecule has 4 amide bonds. The van der Waals surface area contributed by atoms with Gasteiger partial charge in [-0.05, 0) is 55.7 Å². The number of para-hydroxylation sites is 1. The first kappa shape index (κ1) is 24.1. The largest absolute Gasteiger partial charge is 0.355 e. The SMILES string of the molecule is CCCNC(=O)CN1CN(c2ccccc2)C2(CCN(C(=O)Nc3ccc(C#N)cc3)CC2)C1=O. The summed E-state index contributed by atoms with van der Waals surface area (Å²) in [7, 11) is 0. The van der Waals surface area contributed by atoms with Gasteiger partial charge in [0.1, 0.15) is 12.1 Å². The summed E-state index contributed by atoms with van der Waals surface area (Å²) in [5.41, 5.74) is 1.27. The van der Waals surface area contributed by atoms with Crippen LogP contribution in [-0.2, 0) is 9.59 Å². The average molecular weight is 475 g/mol. The molecule has 2 aromatic rings. The Labute approximate surface area is 205 Å². The van der Waals surface area contributed by atoms with E-state index in [0.717, 1.165) is 12.1 Å². The van der Waals surface area contributed by atoms with E-state index in [9.17, 15) is 14.4 Å². The molecule has 2 aromatic carbocycles. The number of rotatable bonds is 6. The van der Waals surface area contributed by atoms with Crippen LogP contribution < -0.4 is 15.5 Å². The Morgan fingerprint density at radius 2 is 1.74 bits per heavy atom. The summed E-state index contributed by atoms with van der Waals surface area (Å²) in [5.74, 6) is -0.232. The van der Waals surface area contributed by atoms with E-state index in [4.69, 9.17) is 5.26 Å². The van der Waals surface area contributed by atoms with Crippen LogP contribution in [-0.4, -0.2) is 66.0 Å². The molecule has 0 saturated carbocycles. The van der Waals surface area contributed by atoms with E-state index < -0.39 is 5.54 Å². The van der Waals surface area contributed by atoms with Crippen LogP contribution in [0.1, 0.15) is 31.7 Å². The van der Waals surface area contributed by atoms with Crippen LogP contribution in [0.25, 0.3) is 0 Å². The standard InChI is InChI=1S/C26H30N6O3/c1-2-14-28-23(33)18-31-19-32(22-6-4-3-5-7-22)26(24(31)34)12-15-30(16-13-26)25(35)29-21-10-8-20(17-27)9-11-21/h3-11H,2,12-16,18-19H2,1H3,(H,28,33)(H,29,35). The van der Waals surface area contributed by atoms with Crippen molar-refractivity contribution in [1.82, 2.24) is 15.1 Å². The highest BCUT2D eigenvalue weighted by atomic mass is 16.2. The second-order valence-electron chi connectivity index (χ2n) is 8.90. The van der Waals surface area contributed by atoms with E-state index >= 15 is 0 Å². The number of carbonyl (C=O) groups is 3. The maximum absolute atomic E-state index is 13.7. The van der Waals surface area contributed by atoms with Crippen molar-refractivity contribution in [3.63, 3.8) is 0 Å². The quantitative estimate of drug-likeness (QED) is 0.669. The third-order valence-electron chi connectivity index (χ3n) is 6.63. The lowest BCUT2D eigenvalue weighted by atomic mass is 9.85. The molecule has 4 rings (SSSR count). The number of urea groups is 1. The molecule has 0 aliphatic carbocycles.